The van der Waals surface area contributed by atoms with Gasteiger partial charge in [-0.2, -0.15) is 4.98 Å². The van der Waals surface area contributed by atoms with Crippen molar-refractivity contribution in [3.63, 3.8) is 0 Å². The van der Waals surface area contributed by atoms with Gasteiger partial charge in [-0.15, -0.1) is 0 Å². The topological polar surface area (TPSA) is 44.7 Å². The van der Waals surface area contributed by atoms with Crippen molar-refractivity contribution in [3.05, 3.63) is 46.6 Å². The van der Waals surface area contributed by atoms with E-state index >= 15 is 0 Å². The first-order chi connectivity index (χ1) is 13.7. The molecule has 3 heterocycles. The Morgan fingerprint density at radius 1 is 1.14 bits per heavy atom. The van der Waals surface area contributed by atoms with Crippen LogP contribution in [0.2, 0.25) is 0 Å². The Bertz CT molecular complexity index is 766. The van der Waals surface area contributed by atoms with Crippen LogP contribution in [0.25, 0.3) is 0 Å². The lowest BCUT2D eigenvalue weighted by atomic mass is 10.0. The minimum Gasteiger partial charge on any atom is -0.378 e. The molecule has 0 radical (unpaired) electrons. The lowest BCUT2D eigenvalue weighted by Crippen LogP contribution is -2.47. The molecule has 7 heteroatoms. The molecule has 0 saturated carbocycles. The Kier molecular flexibility index (Phi) is 6.44. The quantitative estimate of drug-likeness (QED) is 0.703. The summed E-state index contributed by atoms with van der Waals surface area (Å²) in [5.41, 5.74) is 1.36. The Morgan fingerprint density at radius 2 is 1.93 bits per heavy atom. The number of hydrogen-bond acceptors (Lipinski definition) is 6. The third-order valence-electron chi connectivity index (χ3n) is 5.63. The molecule has 0 amide bonds. The molecule has 2 aliphatic rings. The monoisotopic (exact) mass is 445 g/mol. The van der Waals surface area contributed by atoms with E-state index in [1.165, 1.54) is 18.4 Å². The highest BCUT2D eigenvalue weighted by atomic mass is 79.9. The molecule has 0 spiro atoms. The lowest BCUT2D eigenvalue weighted by Gasteiger charge is -2.38. The predicted molar refractivity (Wildman–Crippen MR) is 116 cm³/mol. The summed E-state index contributed by atoms with van der Waals surface area (Å²) in [6, 6.07) is 11.1. The van der Waals surface area contributed by atoms with Crippen LogP contribution < -0.4 is 9.80 Å². The Morgan fingerprint density at radius 3 is 2.71 bits per heavy atom. The molecule has 2 fully saturated rings. The zero-order valence-corrected chi connectivity index (χ0v) is 18.0. The Balaban J connectivity index is 1.41. The fourth-order valence-electron chi connectivity index (χ4n) is 3.98. The fourth-order valence-corrected chi connectivity index (χ4v) is 4.24. The third-order valence-corrected chi connectivity index (χ3v) is 6.16. The van der Waals surface area contributed by atoms with Crippen molar-refractivity contribution in [1.29, 1.82) is 0 Å². The first-order valence-corrected chi connectivity index (χ1v) is 10.8. The van der Waals surface area contributed by atoms with E-state index in [4.69, 9.17) is 9.72 Å². The van der Waals surface area contributed by atoms with Gasteiger partial charge in [0, 0.05) is 49.9 Å². The highest BCUT2D eigenvalue weighted by Crippen LogP contribution is 2.22. The number of likely N-dealkylation sites (tertiary alicyclic amines) is 1. The maximum absolute atomic E-state index is 5.46. The van der Waals surface area contributed by atoms with Gasteiger partial charge in [0.05, 0.1) is 13.2 Å². The number of ether oxygens (including phenoxy) is 1. The van der Waals surface area contributed by atoms with Crippen LogP contribution in [0.3, 0.4) is 0 Å². The number of piperidine rings is 1. The number of benzene rings is 1. The number of aromatic nitrogens is 2. The van der Waals surface area contributed by atoms with Crippen LogP contribution in [0.5, 0.6) is 0 Å². The predicted octanol–water partition coefficient (Wildman–Crippen LogP) is 3.18. The smallest absolute Gasteiger partial charge is 0.227 e. The number of nitrogens with zero attached hydrogens (tertiary/aromatic N) is 5. The Labute approximate surface area is 175 Å². The van der Waals surface area contributed by atoms with Crippen molar-refractivity contribution < 1.29 is 4.74 Å². The summed E-state index contributed by atoms with van der Waals surface area (Å²) in [6.45, 7) is 6.50. The molecule has 2 saturated heterocycles. The van der Waals surface area contributed by atoms with Crippen LogP contribution in [0.1, 0.15) is 18.4 Å². The zero-order chi connectivity index (χ0) is 19.3. The average Bonchev–Trinajstić information content (AvgIpc) is 2.76. The van der Waals surface area contributed by atoms with Gasteiger partial charge in [-0.05, 0) is 43.1 Å². The number of hydrogen-bond donors (Lipinski definition) is 0. The van der Waals surface area contributed by atoms with Crippen molar-refractivity contribution in [1.82, 2.24) is 14.9 Å². The van der Waals surface area contributed by atoms with E-state index in [2.05, 4.69) is 66.9 Å². The fraction of sp³-hybridized carbons (Fsp3) is 0.524. The maximum atomic E-state index is 5.46. The molecule has 2 aromatic rings. The van der Waals surface area contributed by atoms with Crippen LogP contribution in [0.4, 0.5) is 11.8 Å². The van der Waals surface area contributed by atoms with Gasteiger partial charge < -0.3 is 14.5 Å². The molecule has 150 valence electrons. The lowest BCUT2D eigenvalue weighted by molar-refractivity contribution is 0.122. The molecular formula is C21H28BrN5O. The van der Waals surface area contributed by atoms with Crippen molar-refractivity contribution in [2.75, 3.05) is 56.2 Å². The van der Waals surface area contributed by atoms with Crippen molar-refractivity contribution in [2.45, 2.75) is 25.4 Å². The molecule has 0 N–H and O–H groups in total. The van der Waals surface area contributed by atoms with Crippen LogP contribution in [-0.4, -0.2) is 67.4 Å². The molecule has 1 atom stereocenters. The number of halogens is 1. The van der Waals surface area contributed by atoms with Crippen LogP contribution >= 0.6 is 15.9 Å². The summed E-state index contributed by atoms with van der Waals surface area (Å²) in [5, 5.41) is 0. The van der Waals surface area contributed by atoms with Gasteiger partial charge >= 0.3 is 0 Å². The highest BCUT2D eigenvalue weighted by molar-refractivity contribution is 9.10. The van der Waals surface area contributed by atoms with E-state index in [9.17, 15) is 0 Å². The van der Waals surface area contributed by atoms with Crippen LogP contribution in [0.15, 0.2) is 41.0 Å². The molecule has 0 bridgehead atoms. The summed E-state index contributed by atoms with van der Waals surface area (Å²) in [5.74, 6) is 1.82. The van der Waals surface area contributed by atoms with Crippen LogP contribution in [-0.2, 0) is 11.3 Å². The number of rotatable bonds is 5. The first kappa shape index (κ1) is 19.6. The van der Waals surface area contributed by atoms with E-state index < -0.39 is 0 Å². The minimum absolute atomic E-state index is 0.434. The van der Waals surface area contributed by atoms with E-state index in [0.29, 0.717) is 6.04 Å². The molecule has 4 rings (SSSR count). The Hall–Kier alpha value is -1.70. The van der Waals surface area contributed by atoms with E-state index in [-0.39, 0.29) is 0 Å². The SMILES string of the molecule is CN(c1nccc(N2CCOCC2)n1)C1CCCN(Cc2ccc(Br)cc2)C1. The highest BCUT2D eigenvalue weighted by Gasteiger charge is 2.25. The molecule has 1 aromatic carbocycles. The largest absolute Gasteiger partial charge is 0.378 e. The standard InChI is InChI=1S/C21H28BrN5O/c1-25(21-23-9-8-20(24-21)27-11-13-28-14-12-27)19-3-2-10-26(16-19)15-17-4-6-18(22)7-5-17/h4-9,19H,2-3,10-16H2,1H3. The van der Waals surface area contributed by atoms with Crippen molar-refractivity contribution in [3.8, 4) is 0 Å². The maximum Gasteiger partial charge on any atom is 0.227 e. The molecule has 1 aromatic heterocycles. The first-order valence-electron chi connectivity index (χ1n) is 10.0. The van der Waals surface area contributed by atoms with Gasteiger partial charge in [-0.3, -0.25) is 4.90 Å². The summed E-state index contributed by atoms with van der Waals surface area (Å²) in [4.78, 5) is 16.5. The summed E-state index contributed by atoms with van der Waals surface area (Å²) < 4.78 is 6.59. The second-order valence-corrected chi connectivity index (χ2v) is 8.50. The van der Waals surface area contributed by atoms with Gasteiger partial charge in [-0.25, -0.2) is 4.98 Å². The van der Waals surface area contributed by atoms with E-state index in [1.54, 1.807) is 0 Å². The molecule has 28 heavy (non-hydrogen) atoms. The number of morpholine rings is 1. The van der Waals surface area contributed by atoms with Gasteiger partial charge in [-0.1, -0.05) is 28.1 Å². The zero-order valence-electron chi connectivity index (χ0n) is 16.4. The second kappa shape index (κ2) is 9.20. The van der Waals surface area contributed by atoms with Gasteiger partial charge in [0.25, 0.3) is 0 Å². The van der Waals surface area contributed by atoms with Gasteiger partial charge in [0.1, 0.15) is 5.82 Å². The molecule has 6 nitrogen and oxygen atoms in total. The molecule has 0 aliphatic carbocycles. The van der Waals surface area contributed by atoms with Gasteiger partial charge in [0.15, 0.2) is 0 Å². The third kappa shape index (κ3) is 4.82. The minimum atomic E-state index is 0.434. The number of likely N-dealkylation sites (N-methyl/N-ethyl adjacent to an activating group) is 1. The number of anilines is 2. The molecule has 1 unspecified atom stereocenters. The summed E-state index contributed by atoms with van der Waals surface area (Å²) in [7, 11) is 2.13. The second-order valence-electron chi connectivity index (χ2n) is 7.58. The summed E-state index contributed by atoms with van der Waals surface area (Å²) >= 11 is 3.52. The summed E-state index contributed by atoms with van der Waals surface area (Å²) in [6.07, 6.45) is 4.26. The van der Waals surface area contributed by atoms with E-state index in [0.717, 1.165) is 62.2 Å². The molecule has 2 aliphatic heterocycles. The van der Waals surface area contributed by atoms with Crippen molar-refractivity contribution >= 4 is 27.7 Å². The average molecular weight is 446 g/mol. The normalized spacial score (nSPS) is 20.9. The van der Waals surface area contributed by atoms with Crippen LogP contribution in [0, 0.1) is 0 Å². The van der Waals surface area contributed by atoms with E-state index in [1.807, 2.05) is 12.3 Å². The van der Waals surface area contributed by atoms with Gasteiger partial charge in [0.2, 0.25) is 5.95 Å². The molecular weight excluding hydrogens is 418 g/mol. The van der Waals surface area contributed by atoms with Crippen molar-refractivity contribution in [2.24, 2.45) is 0 Å².